The number of H-pyrrole nitrogens is 1. The Morgan fingerprint density at radius 2 is 2.50 bits per heavy atom. The average Bonchev–Trinajstić information content (AvgIpc) is 2.79. The maximum Gasteiger partial charge on any atom is 0.314 e. The van der Waals surface area contributed by atoms with E-state index in [1.165, 1.54) is 6.42 Å². The van der Waals surface area contributed by atoms with E-state index in [9.17, 15) is 4.79 Å². The minimum Gasteiger partial charge on any atom is -0.481 e. The van der Waals surface area contributed by atoms with Crippen molar-refractivity contribution in [3.63, 3.8) is 0 Å². The number of likely N-dealkylation sites (N-methyl/N-ethyl adjacent to an activating group) is 1. The molecule has 1 aromatic rings. The highest BCUT2D eigenvalue weighted by Gasteiger charge is 2.24. The normalized spacial score (nSPS) is 22.9. The number of piperidine rings is 1. The maximum atomic E-state index is 11.1. The Morgan fingerprint density at radius 3 is 3.11 bits per heavy atom. The van der Waals surface area contributed by atoms with Gasteiger partial charge in [0.25, 0.3) is 0 Å². The molecule has 5 nitrogen and oxygen atoms in total. The fraction of sp³-hybridized carbons (Fsp3) is 0.692. The highest BCUT2D eigenvalue weighted by atomic mass is 16.4. The molecule has 18 heavy (non-hydrogen) atoms. The number of carbonyl (C=O) groups is 1. The first-order chi connectivity index (χ1) is 8.61. The molecule has 0 aromatic carbocycles. The van der Waals surface area contributed by atoms with Crippen LogP contribution >= 0.6 is 0 Å². The number of likely N-dealkylation sites (tertiary alicyclic amines) is 1. The molecule has 1 saturated heterocycles. The van der Waals surface area contributed by atoms with E-state index in [0.717, 1.165) is 25.2 Å². The Hall–Kier alpha value is -1.36. The minimum atomic E-state index is -0.806. The molecule has 5 heteroatoms. The Kier molecular flexibility index (Phi) is 4.01. The Labute approximate surface area is 107 Å². The molecule has 2 N–H and O–H groups in total. The quantitative estimate of drug-likeness (QED) is 0.856. The van der Waals surface area contributed by atoms with E-state index in [1.807, 2.05) is 13.1 Å². The molecule has 0 spiro atoms. The Bertz CT molecular complexity index is 416. The van der Waals surface area contributed by atoms with Crippen LogP contribution in [0.2, 0.25) is 0 Å². The lowest BCUT2D eigenvalue weighted by Crippen LogP contribution is -2.31. The van der Waals surface area contributed by atoms with E-state index in [-0.39, 0.29) is 0 Å². The molecule has 2 atom stereocenters. The lowest BCUT2D eigenvalue weighted by molar-refractivity contribution is -0.139. The maximum absolute atomic E-state index is 11.1. The molecule has 1 aliphatic rings. The van der Waals surface area contributed by atoms with Gasteiger partial charge in [0.2, 0.25) is 0 Å². The molecule has 0 aliphatic carbocycles. The molecular weight excluding hydrogens is 230 g/mol. The van der Waals surface area contributed by atoms with E-state index in [1.54, 1.807) is 0 Å². The SMILES string of the molecule is CCC(C(=O)O)c1ncc(C2CCCN(C)C2)[nH]1. The van der Waals surface area contributed by atoms with Crippen LogP contribution in [0.3, 0.4) is 0 Å². The highest BCUT2D eigenvalue weighted by molar-refractivity contribution is 5.74. The zero-order valence-corrected chi connectivity index (χ0v) is 11.0. The van der Waals surface area contributed by atoms with Gasteiger partial charge in [0, 0.05) is 24.4 Å². The zero-order valence-electron chi connectivity index (χ0n) is 11.0. The van der Waals surface area contributed by atoms with Crippen LogP contribution in [-0.4, -0.2) is 46.1 Å². The number of aromatic nitrogens is 2. The number of aromatic amines is 1. The van der Waals surface area contributed by atoms with Crippen LogP contribution in [0.4, 0.5) is 0 Å². The molecule has 1 fully saturated rings. The van der Waals surface area contributed by atoms with E-state index in [2.05, 4.69) is 21.9 Å². The van der Waals surface area contributed by atoms with E-state index in [4.69, 9.17) is 5.11 Å². The smallest absolute Gasteiger partial charge is 0.314 e. The number of hydrogen-bond acceptors (Lipinski definition) is 3. The van der Waals surface area contributed by atoms with Crippen LogP contribution in [-0.2, 0) is 4.79 Å². The summed E-state index contributed by atoms with van der Waals surface area (Å²) in [4.78, 5) is 20.9. The largest absolute Gasteiger partial charge is 0.481 e. The van der Waals surface area contributed by atoms with E-state index in [0.29, 0.717) is 18.2 Å². The number of carboxylic acid groups (broad SMARTS) is 1. The number of imidazole rings is 1. The lowest BCUT2D eigenvalue weighted by atomic mass is 9.96. The van der Waals surface area contributed by atoms with Crippen molar-refractivity contribution in [3.8, 4) is 0 Å². The number of rotatable bonds is 4. The molecule has 100 valence electrons. The predicted octanol–water partition coefficient (Wildman–Crippen LogP) is 1.80. The average molecular weight is 251 g/mol. The van der Waals surface area contributed by atoms with Crippen molar-refractivity contribution in [2.75, 3.05) is 20.1 Å². The van der Waals surface area contributed by atoms with Gasteiger partial charge >= 0.3 is 5.97 Å². The number of nitrogens with one attached hydrogen (secondary N) is 1. The summed E-state index contributed by atoms with van der Waals surface area (Å²) < 4.78 is 0. The molecule has 2 unspecified atom stereocenters. The van der Waals surface area contributed by atoms with Crippen molar-refractivity contribution < 1.29 is 9.90 Å². The van der Waals surface area contributed by atoms with Crippen LogP contribution < -0.4 is 0 Å². The minimum absolute atomic E-state index is 0.455. The van der Waals surface area contributed by atoms with Gasteiger partial charge in [-0.25, -0.2) is 4.98 Å². The van der Waals surface area contributed by atoms with Crippen LogP contribution in [0.25, 0.3) is 0 Å². The molecule has 2 rings (SSSR count). The number of carboxylic acids is 1. The van der Waals surface area contributed by atoms with Gasteiger partial charge in [0.15, 0.2) is 0 Å². The van der Waals surface area contributed by atoms with E-state index >= 15 is 0 Å². The first-order valence-electron chi connectivity index (χ1n) is 6.58. The summed E-state index contributed by atoms with van der Waals surface area (Å²) in [5, 5.41) is 9.12. The van der Waals surface area contributed by atoms with Crippen LogP contribution in [0.15, 0.2) is 6.20 Å². The molecule has 2 heterocycles. The summed E-state index contributed by atoms with van der Waals surface area (Å²) in [6, 6.07) is 0. The Morgan fingerprint density at radius 1 is 1.72 bits per heavy atom. The summed E-state index contributed by atoms with van der Waals surface area (Å²) in [5.74, 6) is -0.274. The summed E-state index contributed by atoms with van der Waals surface area (Å²) in [6.07, 6.45) is 4.71. The van der Waals surface area contributed by atoms with Crippen molar-refractivity contribution >= 4 is 5.97 Å². The molecule has 0 saturated carbocycles. The van der Waals surface area contributed by atoms with Gasteiger partial charge in [-0.1, -0.05) is 6.92 Å². The standard InChI is InChI=1S/C13H21N3O2/c1-3-10(13(17)18)12-14-7-11(15-12)9-5-4-6-16(2)8-9/h7,9-10H,3-6,8H2,1-2H3,(H,14,15)(H,17,18). The molecule has 0 bridgehead atoms. The summed E-state index contributed by atoms with van der Waals surface area (Å²) in [5.41, 5.74) is 1.08. The van der Waals surface area contributed by atoms with Gasteiger partial charge in [0.1, 0.15) is 11.7 Å². The van der Waals surface area contributed by atoms with Crippen molar-refractivity contribution in [1.29, 1.82) is 0 Å². The van der Waals surface area contributed by atoms with Crippen LogP contribution in [0.1, 0.15) is 49.5 Å². The molecule has 1 aliphatic heterocycles. The van der Waals surface area contributed by atoms with Gasteiger partial charge in [-0.2, -0.15) is 0 Å². The molecule has 1 aromatic heterocycles. The summed E-state index contributed by atoms with van der Waals surface area (Å²) in [7, 11) is 2.12. The third kappa shape index (κ3) is 2.72. The first kappa shape index (κ1) is 13.1. The second kappa shape index (κ2) is 5.52. The van der Waals surface area contributed by atoms with E-state index < -0.39 is 11.9 Å². The van der Waals surface area contributed by atoms with Crippen LogP contribution in [0.5, 0.6) is 0 Å². The number of aliphatic carboxylic acids is 1. The molecule has 0 radical (unpaired) electrons. The summed E-state index contributed by atoms with van der Waals surface area (Å²) in [6.45, 7) is 4.03. The molecule has 0 amide bonds. The van der Waals surface area contributed by atoms with Crippen molar-refractivity contribution in [1.82, 2.24) is 14.9 Å². The fourth-order valence-corrected chi connectivity index (χ4v) is 2.64. The zero-order chi connectivity index (χ0) is 13.1. The predicted molar refractivity (Wildman–Crippen MR) is 68.7 cm³/mol. The molecular formula is C13H21N3O2. The Balaban J connectivity index is 2.12. The number of nitrogens with zero attached hydrogens (tertiary/aromatic N) is 2. The van der Waals surface area contributed by atoms with Crippen molar-refractivity contribution in [2.24, 2.45) is 0 Å². The van der Waals surface area contributed by atoms with Crippen molar-refractivity contribution in [2.45, 2.75) is 38.0 Å². The fourth-order valence-electron chi connectivity index (χ4n) is 2.64. The lowest BCUT2D eigenvalue weighted by Gasteiger charge is -2.28. The summed E-state index contributed by atoms with van der Waals surface area (Å²) >= 11 is 0. The third-order valence-electron chi connectivity index (χ3n) is 3.72. The van der Waals surface area contributed by atoms with Gasteiger partial charge in [-0.05, 0) is 32.9 Å². The first-order valence-corrected chi connectivity index (χ1v) is 6.58. The van der Waals surface area contributed by atoms with Gasteiger partial charge in [-0.15, -0.1) is 0 Å². The second-order valence-corrected chi connectivity index (χ2v) is 5.12. The van der Waals surface area contributed by atoms with Crippen molar-refractivity contribution in [3.05, 3.63) is 17.7 Å². The highest BCUT2D eigenvalue weighted by Crippen LogP contribution is 2.26. The van der Waals surface area contributed by atoms with Crippen LogP contribution in [0, 0.1) is 0 Å². The second-order valence-electron chi connectivity index (χ2n) is 5.12. The van der Waals surface area contributed by atoms with Gasteiger partial charge < -0.3 is 15.0 Å². The third-order valence-corrected chi connectivity index (χ3v) is 3.72. The monoisotopic (exact) mass is 251 g/mol. The topological polar surface area (TPSA) is 69.2 Å². The van der Waals surface area contributed by atoms with Gasteiger partial charge in [0.05, 0.1) is 0 Å². The van der Waals surface area contributed by atoms with Gasteiger partial charge in [-0.3, -0.25) is 4.79 Å². The number of hydrogen-bond donors (Lipinski definition) is 2.